The zero-order chi connectivity index (χ0) is 21.5. The van der Waals surface area contributed by atoms with E-state index in [2.05, 4.69) is 51.8 Å². The second kappa shape index (κ2) is 11.0. The standard InChI is InChI=1S/C22H34N4O3S/c1-5-26(17(2)18-9-7-6-8-13-29-14-10-18)12-11-25(3)22-23-20-16-30(27)15-19(20)21(24-22)28-4/h7,9-10,17H,5-6,8,11-16H2,1-4H3. The van der Waals surface area contributed by atoms with E-state index in [1.165, 1.54) is 5.57 Å². The van der Waals surface area contributed by atoms with Gasteiger partial charge in [0.05, 0.1) is 30.9 Å². The lowest BCUT2D eigenvalue weighted by Gasteiger charge is -2.31. The van der Waals surface area contributed by atoms with E-state index in [4.69, 9.17) is 9.47 Å². The summed E-state index contributed by atoms with van der Waals surface area (Å²) in [6, 6.07) is 0.305. The summed E-state index contributed by atoms with van der Waals surface area (Å²) >= 11 is 0. The van der Waals surface area contributed by atoms with Crippen molar-refractivity contribution in [3.8, 4) is 5.88 Å². The van der Waals surface area contributed by atoms with Crippen LogP contribution < -0.4 is 9.64 Å². The molecule has 1 aromatic rings. The van der Waals surface area contributed by atoms with E-state index in [0.29, 0.717) is 36.0 Å². The maximum Gasteiger partial charge on any atom is 0.228 e. The molecule has 0 aliphatic carbocycles. The van der Waals surface area contributed by atoms with Gasteiger partial charge in [-0.05, 0) is 31.9 Å². The Bertz CT molecular complexity index is 812. The van der Waals surface area contributed by atoms with Crippen LogP contribution in [0, 0.1) is 0 Å². The predicted octanol–water partition coefficient (Wildman–Crippen LogP) is 2.69. The number of hydrogen-bond acceptors (Lipinski definition) is 7. The van der Waals surface area contributed by atoms with Gasteiger partial charge in [0, 0.05) is 49.1 Å². The molecule has 8 heteroatoms. The maximum atomic E-state index is 11.9. The van der Waals surface area contributed by atoms with Crippen molar-refractivity contribution >= 4 is 16.7 Å². The van der Waals surface area contributed by atoms with Gasteiger partial charge in [0.2, 0.25) is 11.8 Å². The number of ether oxygens (including phenoxy) is 2. The van der Waals surface area contributed by atoms with Crippen LogP contribution in [0.4, 0.5) is 5.95 Å². The molecule has 0 saturated heterocycles. The van der Waals surface area contributed by atoms with Crippen molar-refractivity contribution in [3.63, 3.8) is 0 Å². The fraction of sp³-hybridized carbons (Fsp3) is 0.636. The molecule has 2 atom stereocenters. The zero-order valence-corrected chi connectivity index (χ0v) is 19.4. The summed E-state index contributed by atoms with van der Waals surface area (Å²) in [5.74, 6) is 2.14. The minimum Gasteiger partial charge on any atom is -0.481 e. The second-order valence-electron chi connectivity index (χ2n) is 7.74. The van der Waals surface area contributed by atoms with Crippen LogP contribution in [0.25, 0.3) is 0 Å². The number of hydrogen-bond donors (Lipinski definition) is 0. The first-order valence-corrected chi connectivity index (χ1v) is 12.2. The van der Waals surface area contributed by atoms with Crippen molar-refractivity contribution in [2.45, 2.75) is 44.2 Å². The van der Waals surface area contributed by atoms with Crippen molar-refractivity contribution in [2.24, 2.45) is 0 Å². The monoisotopic (exact) mass is 434 g/mol. The molecule has 0 N–H and O–H groups in total. The Kier molecular flexibility index (Phi) is 8.41. The van der Waals surface area contributed by atoms with E-state index < -0.39 is 10.8 Å². The summed E-state index contributed by atoms with van der Waals surface area (Å²) in [5, 5.41) is 0. The van der Waals surface area contributed by atoms with E-state index in [0.717, 1.165) is 50.3 Å². The number of allylic oxidation sites excluding steroid dienone is 1. The molecule has 0 radical (unpaired) electrons. The molecule has 0 fully saturated rings. The molecule has 0 bridgehead atoms. The van der Waals surface area contributed by atoms with Gasteiger partial charge in [0.15, 0.2) is 0 Å². The van der Waals surface area contributed by atoms with Gasteiger partial charge in [-0.3, -0.25) is 9.11 Å². The molecule has 2 unspecified atom stereocenters. The average Bonchev–Trinajstić information content (AvgIpc) is 3.18. The predicted molar refractivity (Wildman–Crippen MR) is 121 cm³/mol. The molecular weight excluding hydrogens is 400 g/mol. The number of rotatable bonds is 8. The van der Waals surface area contributed by atoms with Crippen molar-refractivity contribution in [3.05, 3.63) is 35.1 Å². The Morgan fingerprint density at radius 1 is 1.30 bits per heavy atom. The fourth-order valence-corrected chi connectivity index (χ4v) is 5.08. The number of nitrogens with zero attached hydrogens (tertiary/aromatic N) is 4. The third-order valence-corrected chi connectivity index (χ3v) is 6.95. The van der Waals surface area contributed by atoms with Crippen LogP contribution in [0.15, 0.2) is 23.8 Å². The summed E-state index contributed by atoms with van der Waals surface area (Å²) in [4.78, 5) is 13.7. The van der Waals surface area contributed by atoms with Gasteiger partial charge in [0.1, 0.15) is 0 Å². The highest BCUT2D eigenvalue weighted by molar-refractivity contribution is 7.83. The lowest BCUT2D eigenvalue weighted by molar-refractivity contribution is 0.159. The van der Waals surface area contributed by atoms with Crippen molar-refractivity contribution < 1.29 is 13.7 Å². The molecule has 0 amide bonds. The van der Waals surface area contributed by atoms with Gasteiger partial charge < -0.3 is 14.4 Å². The lowest BCUT2D eigenvalue weighted by Crippen LogP contribution is -2.40. The van der Waals surface area contributed by atoms with E-state index in [-0.39, 0.29) is 0 Å². The molecule has 0 saturated carbocycles. The van der Waals surface area contributed by atoms with E-state index >= 15 is 0 Å². The molecule has 3 rings (SSSR count). The molecule has 2 aliphatic heterocycles. The highest BCUT2D eigenvalue weighted by Gasteiger charge is 2.26. The first-order chi connectivity index (χ1) is 14.5. The van der Waals surface area contributed by atoms with Crippen LogP contribution in [-0.2, 0) is 27.0 Å². The highest BCUT2D eigenvalue weighted by atomic mass is 32.2. The van der Waals surface area contributed by atoms with Crippen molar-refractivity contribution in [2.75, 3.05) is 51.9 Å². The number of fused-ring (bicyclic) bond motifs is 1. The second-order valence-corrected chi connectivity index (χ2v) is 9.19. The van der Waals surface area contributed by atoms with Gasteiger partial charge in [-0.25, -0.2) is 4.98 Å². The normalized spacial score (nSPS) is 20.2. The Morgan fingerprint density at radius 3 is 2.90 bits per heavy atom. The van der Waals surface area contributed by atoms with E-state index in [1.807, 2.05) is 7.05 Å². The minimum absolute atomic E-state index is 0.305. The minimum atomic E-state index is -0.910. The number of aromatic nitrogens is 2. The SMILES string of the molecule is CCN(CCN(C)c1nc2c(c(OC)n1)CS(=O)C2)C(C)C1=CCOCCCC=C1. The molecule has 166 valence electrons. The van der Waals surface area contributed by atoms with E-state index in [1.54, 1.807) is 7.11 Å². The molecule has 0 aromatic carbocycles. The molecule has 0 spiro atoms. The number of anilines is 1. The summed E-state index contributed by atoms with van der Waals surface area (Å²) in [6.45, 7) is 8.56. The quantitative estimate of drug-likeness (QED) is 0.623. The Balaban J connectivity index is 1.66. The van der Waals surface area contributed by atoms with Gasteiger partial charge in [-0.1, -0.05) is 25.2 Å². The highest BCUT2D eigenvalue weighted by Crippen LogP contribution is 2.29. The van der Waals surface area contributed by atoms with Crippen LogP contribution in [0.5, 0.6) is 5.88 Å². The Morgan fingerprint density at radius 2 is 2.13 bits per heavy atom. The molecule has 1 aromatic heterocycles. The third kappa shape index (κ3) is 5.68. The Hall–Kier alpha value is -1.77. The van der Waals surface area contributed by atoms with E-state index in [9.17, 15) is 4.21 Å². The molecule has 30 heavy (non-hydrogen) atoms. The summed E-state index contributed by atoms with van der Waals surface area (Å²) in [5.41, 5.74) is 3.04. The molecule has 3 heterocycles. The third-order valence-electron chi connectivity index (χ3n) is 5.75. The summed E-state index contributed by atoms with van der Waals surface area (Å²) < 4.78 is 23.1. The fourth-order valence-electron chi connectivity index (χ4n) is 3.82. The molecular formula is C22H34N4O3S. The van der Waals surface area contributed by atoms with Crippen LogP contribution in [0.2, 0.25) is 0 Å². The van der Waals surface area contributed by atoms with Gasteiger partial charge in [0.25, 0.3) is 0 Å². The van der Waals surface area contributed by atoms with Crippen LogP contribution >= 0.6 is 0 Å². The van der Waals surface area contributed by atoms with Gasteiger partial charge >= 0.3 is 0 Å². The van der Waals surface area contributed by atoms with Crippen LogP contribution in [-0.4, -0.2) is 72.1 Å². The molecule has 7 nitrogen and oxygen atoms in total. The summed E-state index contributed by atoms with van der Waals surface area (Å²) in [6.07, 6.45) is 8.84. The summed E-state index contributed by atoms with van der Waals surface area (Å²) in [7, 11) is 2.70. The zero-order valence-electron chi connectivity index (χ0n) is 18.6. The Labute approximate surface area is 182 Å². The lowest BCUT2D eigenvalue weighted by atomic mass is 10.1. The number of methoxy groups -OCH3 is 1. The number of likely N-dealkylation sites (N-methyl/N-ethyl adjacent to an activating group) is 2. The largest absolute Gasteiger partial charge is 0.481 e. The maximum absolute atomic E-state index is 11.9. The van der Waals surface area contributed by atoms with Gasteiger partial charge in [-0.15, -0.1) is 0 Å². The van der Waals surface area contributed by atoms with Crippen LogP contribution in [0.3, 0.4) is 0 Å². The van der Waals surface area contributed by atoms with Crippen molar-refractivity contribution in [1.29, 1.82) is 0 Å². The first-order valence-electron chi connectivity index (χ1n) is 10.7. The van der Waals surface area contributed by atoms with Crippen molar-refractivity contribution in [1.82, 2.24) is 14.9 Å². The topological polar surface area (TPSA) is 67.8 Å². The smallest absolute Gasteiger partial charge is 0.228 e. The van der Waals surface area contributed by atoms with Crippen LogP contribution in [0.1, 0.15) is 37.9 Å². The molecule has 2 aliphatic rings. The van der Waals surface area contributed by atoms with Gasteiger partial charge in [-0.2, -0.15) is 4.98 Å². The average molecular weight is 435 g/mol. The first kappa shape index (κ1) is 22.9.